The SMILES string of the molecule is CCC1(CO)COC2(CC(C)(C)N(Cc3ccc(C)cc3)C(C)(C)C2)OC1. The van der Waals surface area contributed by atoms with Crippen LogP contribution in [-0.4, -0.2) is 46.7 Å². The van der Waals surface area contributed by atoms with E-state index in [4.69, 9.17) is 9.47 Å². The first kappa shape index (κ1) is 20.8. The van der Waals surface area contributed by atoms with Crippen molar-refractivity contribution in [3.8, 4) is 0 Å². The highest BCUT2D eigenvalue weighted by atomic mass is 16.7. The summed E-state index contributed by atoms with van der Waals surface area (Å²) in [4.78, 5) is 2.59. The predicted octanol–water partition coefficient (Wildman–Crippen LogP) is 4.28. The topological polar surface area (TPSA) is 41.9 Å². The number of piperidine rings is 1. The summed E-state index contributed by atoms with van der Waals surface area (Å²) in [5, 5.41) is 9.79. The Morgan fingerprint density at radius 2 is 1.48 bits per heavy atom. The molecule has 0 saturated carbocycles. The quantitative estimate of drug-likeness (QED) is 0.853. The zero-order valence-electron chi connectivity index (χ0n) is 18.0. The van der Waals surface area contributed by atoms with Gasteiger partial charge >= 0.3 is 0 Å². The highest BCUT2D eigenvalue weighted by molar-refractivity contribution is 5.22. The molecule has 152 valence electrons. The number of aliphatic hydroxyl groups is 1. The largest absolute Gasteiger partial charge is 0.396 e. The molecule has 1 spiro atoms. The molecule has 2 aliphatic rings. The number of hydrogen-bond donors (Lipinski definition) is 1. The molecule has 2 saturated heterocycles. The average molecular weight is 376 g/mol. The molecule has 4 nitrogen and oxygen atoms in total. The van der Waals surface area contributed by atoms with E-state index in [1.165, 1.54) is 11.1 Å². The van der Waals surface area contributed by atoms with Gasteiger partial charge in [-0.25, -0.2) is 0 Å². The number of benzene rings is 1. The van der Waals surface area contributed by atoms with Crippen molar-refractivity contribution in [3.05, 3.63) is 35.4 Å². The molecule has 3 rings (SSSR count). The van der Waals surface area contributed by atoms with Gasteiger partial charge in [0.25, 0.3) is 0 Å². The molecule has 0 radical (unpaired) electrons. The number of ether oxygens (including phenoxy) is 2. The normalized spacial score (nSPS) is 26.2. The molecule has 0 aliphatic carbocycles. The first-order valence-electron chi connectivity index (χ1n) is 10.3. The first-order chi connectivity index (χ1) is 12.6. The first-order valence-corrected chi connectivity index (χ1v) is 10.3. The van der Waals surface area contributed by atoms with Crippen LogP contribution in [0.25, 0.3) is 0 Å². The summed E-state index contributed by atoms with van der Waals surface area (Å²) in [6, 6.07) is 8.84. The van der Waals surface area contributed by atoms with E-state index in [0.29, 0.717) is 13.2 Å². The fourth-order valence-corrected chi connectivity index (χ4v) is 4.96. The Hall–Kier alpha value is -0.940. The van der Waals surface area contributed by atoms with Crippen molar-refractivity contribution >= 4 is 0 Å². The van der Waals surface area contributed by atoms with Gasteiger partial charge in [-0.15, -0.1) is 0 Å². The Morgan fingerprint density at radius 1 is 0.963 bits per heavy atom. The Kier molecular flexibility index (Phi) is 5.50. The Balaban J connectivity index is 1.79. The van der Waals surface area contributed by atoms with Gasteiger partial charge in [-0.3, -0.25) is 4.90 Å². The maximum atomic E-state index is 9.79. The summed E-state index contributed by atoms with van der Waals surface area (Å²) in [7, 11) is 0. The molecule has 2 aliphatic heterocycles. The zero-order valence-corrected chi connectivity index (χ0v) is 18.0. The molecule has 0 amide bonds. The second kappa shape index (κ2) is 7.14. The van der Waals surface area contributed by atoms with Gasteiger partial charge in [0.2, 0.25) is 0 Å². The van der Waals surface area contributed by atoms with Gasteiger partial charge in [0.05, 0.1) is 19.8 Å². The van der Waals surface area contributed by atoms with E-state index in [9.17, 15) is 5.11 Å². The summed E-state index contributed by atoms with van der Waals surface area (Å²) >= 11 is 0. The van der Waals surface area contributed by atoms with Gasteiger partial charge < -0.3 is 14.6 Å². The maximum Gasteiger partial charge on any atom is 0.171 e. The van der Waals surface area contributed by atoms with Crippen LogP contribution in [0.1, 0.15) is 65.0 Å². The molecule has 0 unspecified atom stereocenters. The molecular weight excluding hydrogens is 338 g/mol. The second-order valence-corrected chi connectivity index (χ2v) is 10.0. The Labute approximate surface area is 164 Å². The van der Waals surface area contributed by atoms with Crippen LogP contribution >= 0.6 is 0 Å². The molecule has 27 heavy (non-hydrogen) atoms. The Bertz CT molecular complexity index is 616. The second-order valence-electron chi connectivity index (χ2n) is 10.0. The van der Waals surface area contributed by atoms with Crippen molar-refractivity contribution in [2.24, 2.45) is 5.41 Å². The minimum absolute atomic E-state index is 0.0575. The van der Waals surface area contributed by atoms with Gasteiger partial charge in [-0.2, -0.15) is 0 Å². The number of hydrogen-bond acceptors (Lipinski definition) is 4. The van der Waals surface area contributed by atoms with Crippen molar-refractivity contribution in [3.63, 3.8) is 0 Å². The Morgan fingerprint density at radius 3 is 1.93 bits per heavy atom. The fourth-order valence-electron chi connectivity index (χ4n) is 4.96. The predicted molar refractivity (Wildman–Crippen MR) is 109 cm³/mol. The van der Waals surface area contributed by atoms with Crippen molar-refractivity contribution in [1.29, 1.82) is 0 Å². The zero-order chi connectivity index (χ0) is 19.9. The van der Waals surface area contributed by atoms with E-state index in [2.05, 4.69) is 70.7 Å². The molecule has 1 aromatic rings. The highest BCUT2D eigenvalue weighted by Crippen LogP contribution is 2.49. The van der Waals surface area contributed by atoms with Crippen LogP contribution in [0, 0.1) is 12.3 Å². The summed E-state index contributed by atoms with van der Waals surface area (Å²) in [5.41, 5.74) is 2.27. The van der Waals surface area contributed by atoms with E-state index in [0.717, 1.165) is 25.8 Å². The third-order valence-corrected chi connectivity index (χ3v) is 6.69. The molecule has 2 heterocycles. The molecule has 0 bridgehead atoms. The van der Waals surface area contributed by atoms with E-state index in [1.54, 1.807) is 0 Å². The molecule has 1 N–H and O–H groups in total. The van der Waals surface area contributed by atoms with Crippen molar-refractivity contribution in [1.82, 2.24) is 4.90 Å². The van der Waals surface area contributed by atoms with Crippen LogP contribution in [-0.2, 0) is 16.0 Å². The lowest BCUT2D eigenvalue weighted by molar-refractivity contribution is -0.346. The summed E-state index contributed by atoms with van der Waals surface area (Å²) in [6.07, 6.45) is 2.53. The number of nitrogens with zero attached hydrogens (tertiary/aromatic N) is 1. The van der Waals surface area contributed by atoms with Gasteiger partial charge in [0.1, 0.15) is 0 Å². The fraction of sp³-hybridized carbons (Fsp3) is 0.739. The van der Waals surface area contributed by atoms with E-state index in [-0.39, 0.29) is 23.1 Å². The summed E-state index contributed by atoms with van der Waals surface area (Å²) < 4.78 is 12.8. The summed E-state index contributed by atoms with van der Waals surface area (Å²) in [5.74, 6) is -0.551. The van der Waals surface area contributed by atoms with Crippen molar-refractivity contribution < 1.29 is 14.6 Å². The molecule has 1 aromatic carbocycles. The molecule has 2 fully saturated rings. The third kappa shape index (κ3) is 4.09. The minimum atomic E-state index is -0.551. The van der Waals surface area contributed by atoms with Crippen LogP contribution in [0.3, 0.4) is 0 Å². The maximum absolute atomic E-state index is 9.79. The molecule has 0 atom stereocenters. The number of aryl methyl sites for hydroxylation is 1. The van der Waals surface area contributed by atoms with Crippen LogP contribution < -0.4 is 0 Å². The smallest absolute Gasteiger partial charge is 0.171 e. The lowest BCUT2D eigenvalue weighted by Gasteiger charge is -2.60. The van der Waals surface area contributed by atoms with Crippen molar-refractivity contribution in [2.45, 2.75) is 84.2 Å². The van der Waals surface area contributed by atoms with Gasteiger partial charge in [-0.05, 0) is 46.6 Å². The third-order valence-electron chi connectivity index (χ3n) is 6.69. The van der Waals surface area contributed by atoms with Crippen LogP contribution in [0.5, 0.6) is 0 Å². The standard InChI is InChI=1S/C23H37NO3/c1-7-22(15-25)16-26-23(27-17-22)13-20(3,4)24(21(5,6)14-23)12-19-10-8-18(2)9-11-19/h8-11,25H,7,12-17H2,1-6H3. The lowest BCUT2D eigenvalue weighted by atomic mass is 9.74. The van der Waals surface area contributed by atoms with Crippen LogP contribution in [0.15, 0.2) is 24.3 Å². The van der Waals surface area contributed by atoms with Crippen molar-refractivity contribution in [2.75, 3.05) is 19.8 Å². The highest BCUT2D eigenvalue weighted by Gasteiger charge is 2.56. The number of likely N-dealkylation sites (tertiary alicyclic amines) is 1. The molecule has 0 aromatic heterocycles. The van der Waals surface area contributed by atoms with Gasteiger partial charge in [-0.1, -0.05) is 36.8 Å². The number of rotatable bonds is 4. The van der Waals surface area contributed by atoms with Gasteiger partial charge in [0, 0.05) is 35.9 Å². The van der Waals surface area contributed by atoms with E-state index in [1.807, 2.05) is 0 Å². The van der Waals surface area contributed by atoms with Gasteiger partial charge in [0.15, 0.2) is 5.79 Å². The van der Waals surface area contributed by atoms with Crippen LogP contribution in [0.4, 0.5) is 0 Å². The molecular formula is C23H37NO3. The average Bonchev–Trinajstić information content (AvgIpc) is 2.60. The summed E-state index contributed by atoms with van der Waals surface area (Å²) in [6.45, 7) is 15.6. The number of aliphatic hydroxyl groups excluding tert-OH is 1. The monoisotopic (exact) mass is 375 g/mol. The minimum Gasteiger partial charge on any atom is -0.396 e. The lowest BCUT2D eigenvalue weighted by Crippen LogP contribution is -2.68. The van der Waals surface area contributed by atoms with Crippen LogP contribution in [0.2, 0.25) is 0 Å². The van der Waals surface area contributed by atoms with E-state index < -0.39 is 5.79 Å². The van der Waals surface area contributed by atoms with E-state index >= 15 is 0 Å². The molecule has 4 heteroatoms.